The molecule has 22 heavy (non-hydrogen) atoms. The van der Waals surface area contributed by atoms with Crippen LogP contribution in [0, 0.1) is 0 Å². The molecule has 0 aliphatic carbocycles. The van der Waals surface area contributed by atoms with E-state index in [2.05, 4.69) is 15.7 Å². The van der Waals surface area contributed by atoms with Crippen LogP contribution in [0.1, 0.15) is 12.8 Å². The highest BCUT2D eigenvalue weighted by Gasteiger charge is 2.18. The van der Waals surface area contributed by atoms with Gasteiger partial charge in [0.05, 0.1) is 4.88 Å². The highest BCUT2D eigenvalue weighted by atomic mass is 32.1. The first-order chi connectivity index (χ1) is 10.7. The average Bonchev–Trinajstić information content (AvgIpc) is 2.96. The number of hydrazine groups is 1. The Bertz CT molecular complexity index is 630. The molecule has 1 aromatic carbocycles. The number of nitrogens with two attached hydrogens (primary N) is 1. The van der Waals surface area contributed by atoms with E-state index >= 15 is 0 Å². The fourth-order valence-electron chi connectivity index (χ4n) is 2.45. The minimum absolute atomic E-state index is 0.124. The number of hydrogen-bond acceptors (Lipinski definition) is 5. The third-order valence-corrected chi connectivity index (χ3v) is 4.46. The second-order valence-corrected chi connectivity index (χ2v) is 6.34. The predicted molar refractivity (Wildman–Crippen MR) is 88.5 cm³/mol. The molecule has 6 nitrogen and oxygen atoms in total. The van der Waals surface area contributed by atoms with Crippen LogP contribution < -0.4 is 16.5 Å². The molecule has 116 valence electrons. The van der Waals surface area contributed by atoms with Crippen LogP contribution in [0.25, 0.3) is 10.4 Å². The average molecular weight is 317 g/mol. The molecule has 0 bridgehead atoms. The zero-order valence-corrected chi connectivity index (χ0v) is 13.0. The zero-order valence-electron chi connectivity index (χ0n) is 12.2. The molecule has 0 radical (unpaired) electrons. The van der Waals surface area contributed by atoms with Crippen LogP contribution in [-0.4, -0.2) is 35.2 Å². The topological polar surface area (TPSA) is 83.3 Å². The number of anilines is 1. The SMILES string of the molecule is N[C@@H]1CCCN(NC(=O)Nc2ncc(-c3ccccc3)s2)C1. The number of carbonyl (C=O) groups is 1. The molecule has 2 aromatic rings. The van der Waals surface area contributed by atoms with Crippen LogP contribution in [0.2, 0.25) is 0 Å². The summed E-state index contributed by atoms with van der Waals surface area (Å²) in [6.07, 6.45) is 3.77. The molecule has 0 spiro atoms. The van der Waals surface area contributed by atoms with Crippen molar-refractivity contribution in [3.05, 3.63) is 36.5 Å². The summed E-state index contributed by atoms with van der Waals surface area (Å²) in [6, 6.07) is 9.82. The van der Waals surface area contributed by atoms with Crippen molar-refractivity contribution in [2.24, 2.45) is 5.73 Å². The Morgan fingerprint density at radius 2 is 2.18 bits per heavy atom. The number of amides is 2. The van der Waals surface area contributed by atoms with E-state index in [1.165, 1.54) is 11.3 Å². The van der Waals surface area contributed by atoms with Crippen molar-refractivity contribution in [2.75, 3.05) is 18.4 Å². The van der Waals surface area contributed by atoms with E-state index in [4.69, 9.17) is 5.73 Å². The fourth-order valence-corrected chi connectivity index (χ4v) is 3.26. The predicted octanol–water partition coefficient (Wildman–Crippen LogP) is 2.27. The summed E-state index contributed by atoms with van der Waals surface area (Å²) in [6.45, 7) is 1.51. The van der Waals surface area contributed by atoms with Gasteiger partial charge in [-0.2, -0.15) is 0 Å². The maximum absolute atomic E-state index is 12.0. The summed E-state index contributed by atoms with van der Waals surface area (Å²) in [5.41, 5.74) is 9.81. The summed E-state index contributed by atoms with van der Waals surface area (Å²) in [7, 11) is 0. The normalized spacial score (nSPS) is 18.9. The van der Waals surface area contributed by atoms with Crippen LogP contribution in [0.15, 0.2) is 36.5 Å². The van der Waals surface area contributed by atoms with Crippen LogP contribution >= 0.6 is 11.3 Å². The minimum Gasteiger partial charge on any atom is -0.326 e. The molecule has 2 heterocycles. The number of rotatable bonds is 3. The number of hydrogen-bond donors (Lipinski definition) is 3. The van der Waals surface area contributed by atoms with Crippen molar-refractivity contribution < 1.29 is 4.79 Å². The molecule has 4 N–H and O–H groups in total. The Morgan fingerprint density at radius 3 is 2.95 bits per heavy atom. The molecule has 2 amide bonds. The van der Waals surface area contributed by atoms with E-state index in [0.717, 1.165) is 29.8 Å². The van der Waals surface area contributed by atoms with Gasteiger partial charge in [-0.3, -0.25) is 10.7 Å². The quantitative estimate of drug-likeness (QED) is 0.811. The number of nitrogens with one attached hydrogen (secondary N) is 2. The number of carbonyl (C=O) groups excluding carboxylic acids is 1. The number of nitrogens with zero attached hydrogens (tertiary/aromatic N) is 2. The van der Waals surface area contributed by atoms with Gasteiger partial charge in [0.15, 0.2) is 5.13 Å². The third-order valence-electron chi connectivity index (χ3n) is 3.50. The van der Waals surface area contributed by atoms with Crippen molar-refractivity contribution >= 4 is 22.5 Å². The largest absolute Gasteiger partial charge is 0.335 e. The van der Waals surface area contributed by atoms with Crippen molar-refractivity contribution in [3.8, 4) is 10.4 Å². The fraction of sp³-hybridized carbons (Fsp3) is 0.333. The van der Waals surface area contributed by atoms with E-state index < -0.39 is 0 Å². The van der Waals surface area contributed by atoms with Gasteiger partial charge in [0.25, 0.3) is 0 Å². The Balaban J connectivity index is 1.57. The van der Waals surface area contributed by atoms with Gasteiger partial charge in [0, 0.05) is 25.3 Å². The van der Waals surface area contributed by atoms with Gasteiger partial charge in [0.1, 0.15) is 0 Å². The lowest BCUT2D eigenvalue weighted by Crippen LogP contribution is -2.52. The molecule has 0 saturated carbocycles. The van der Waals surface area contributed by atoms with Gasteiger partial charge in [-0.15, -0.1) is 0 Å². The van der Waals surface area contributed by atoms with Gasteiger partial charge in [-0.05, 0) is 18.4 Å². The second-order valence-electron chi connectivity index (χ2n) is 5.31. The molecule has 1 saturated heterocycles. The third kappa shape index (κ3) is 3.82. The Morgan fingerprint density at radius 1 is 1.36 bits per heavy atom. The van der Waals surface area contributed by atoms with Gasteiger partial charge in [0.2, 0.25) is 0 Å². The smallest absolute Gasteiger partial charge is 0.326 e. The molecule has 1 atom stereocenters. The molecular weight excluding hydrogens is 298 g/mol. The molecule has 0 unspecified atom stereocenters. The van der Waals surface area contributed by atoms with E-state index in [1.807, 2.05) is 35.3 Å². The highest BCUT2D eigenvalue weighted by Crippen LogP contribution is 2.28. The van der Waals surface area contributed by atoms with Crippen molar-refractivity contribution in [2.45, 2.75) is 18.9 Å². The van der Waals surface area contributed by atoms with Crippen LogP contribution in [-0.2, 0) is 0 Å². The molecule has 1 fully saturated rings. The molecule has 1 aliphatic rings. The Hall–Kier alpha value is -1.96. The van der Waals surface area contributed by atoms with Gasteiger partial charge in [-0.1, -0.05) is 41.7 Å². The van der Waals surface area contributed by atoms with E-state index in [1.54, 1.807) is 6.20 Å². The first-order valence-electron chi connectivity index (χ1n) is 7.30. The maximum atomic E-state index is 12.0. The van der Waals surface area contributed by atoms with E-state index in [9.17, 15) is 4.79 Å². The minimum atomic E-state index is -0.275. The van der Waals surface area contributed by atoms with Gasteiger partial charge in [-0.25, -0.2) is 14.8 Å². The van der Waals surface area contributed by atoms with Gasteiger partial charge >= 0.3 is 6.03 Å². The molecule has 1 aliphatic heterocycles. The lowest BCUT2D eigenvalue weighted by atomic mass is 10.1. The van der Waals surface area contributed by atoms with Crippen LogP contribution in [0.3, 0.4) is 0 Å². The molecule has 7 heteroatoms. The number of aromatic nitrogens is 1. The number of thiazole rings is 1. The summed E-state index contributed by atoms with van der Waals surface area (Å²) in [4.78, 5) is 17.3. The standard InChI is InChI=1S/C15H19N5OS/c16-12-7-4-8-20(10-12)19-14(21)18-15-17-9-13(22-15)11-5-2-1-3-6-11/h1-3,5-6,9,12H,4,7-8,10,16H2,(H2,17,18,19,21)/t12-/m1/s1. The maximum Gasteiger partial charge on any atom is 0.335 e. The number of urea groups is 1. The summed E-state index contributed by atoms with van der Waals surface area (Å²) in [5.74, 6) is 0. The van der Waals surface area contributed by atoms with Crippen molar-refractivity contribution in [1.29, 1.82) is 0 Å². The van der Waals surface area contributed by atoms with E-state index in [0.29, 0.717) is 11.7 Å². The lowest BCUT2D eigenvalue weighted by Gasteiger charge is -2.30. The number of benzene rings is 1. The summed E-state index contributed by atoms with van der Waals surface area (Å²) < 4.78 is 0. The molecule has 3 rings (SSSR count). The van der Waals surface area contributed by atoms with Crippen LogP contribution in [0.4, 0.5) is 9.93 Å². The van der Waals surface area contributed by atoms with Gasteiger partial charge < -0.3 is 5.73 Å². The molecule has 1 aromatic heterocycles. The first-order valence-corrected chi connectivity index (χ1v) is 8.12. The van der Waals surface area contributed by atoms with Crippen LogP contribution in [0.5, 0.6) is 0 Å². The molecular formula is C15H19N5OS. The lowest BCUT2D eigenvalue weighted by molar-refractivity contribution is 0.150. The number of piperidine rings is 1. The summed E-state index contributed by atoms with van der Waals surface area (Å²) in [5, 5.41) is 5.21. The highest BCUT2D eigenvalue weighted by molar-refractivity contribution is 7.19. The first kappa shape index (κ1) is 15.0. The summed E-state index contributed by atoms with van der Waals surface area (Å²) >= 11 is 1.45. The van der Waals surface area contributed by atoms with Crippen molar-refractivity contribution in [1.82, 2.24) is 15.4 Å². The zero-order chi connectivity index (χ0) is 15.4. The Kier molecular flexibility index (Phi) is 4.67. The van der Waals surface area contributed by atoms with Crippen molar-refractivity contribution in [3.63, 3.8) is 0 Å². The second kappa shape index (κ2) is 6.87. The monoisotopic (exact) mass is 317 g/mol. The Labute approximate surface area is 133 Å². The van der Waals surface area contributed by atoms with E-state index in [-0.39, 0.29) is 12.1 Å².